The monoisotopic (exact) mass is 378 g/mol. The van der Waals surface area contributed by atoms with Crippen LogP contribution in [0.1, 0.15) is 16.7 Å². The molecule has 3 aromatic carbocycles. The molecule has 2 aromatic heterocycles. The normalized spacial score (nSPS) is 11.4. The SMILES string of the molecule is Cc1ccc2c(c1)oc1c(-c3cc(-c4ccccc4C)[n+](C)cc3C)cccc12. The van der Waals surface area contributed by atoms with E-state index < -0.39 is 0 Å². The molecule has 0 unspecified atom stereocenters. The van der Waals surface area contributed by atoms with E-state index in [4.69, 9.17) is 4.42 Å². The molecular weight excluding hydrogens is 354 g/mol. The average molecular weight is 378 g/mol. The smallest absolute Gasteiger partial charge is 0.213 e. The third kappa shape index (κ3) is 2.84. The van der Waals surface area contributed by atoms with Crippen molar-refractivity contribution < 1.29 is 8.98 Å². The number of rotatable bonds is 2. The number of pyridine rings is 1. The Morgan fingerprint density at radius 3 is 2.31 bits per heavy atom. The molecule has 2 heteroatoms. The molecule has 0 aliphatic heterocycles. The molecule has 0 aliphatic rings. The van der Waals surface area contributed by atoms with Crippen molar-refractivity contribution >= 4 is 21.9 Å². The third-order valence-corrected chi connectivity index (χ3v) is 5.84. The van der Waals surface area contributed by atoms with Gasteiger partial charge in [-0.3, -0.25) is 0 Å². The van der Waals surface area contributed by atoms with Crippen LogP contribution in [0.2, 0.25) is 0 Å². The summed E-state index contributed by atoms with van der Waals surface area (Å²) in [5.41, 5.74) is 10.4. The van der Waals surface area contributed by atoms with E-state index in [-0.39, 0.29) is 0 Å². The van der Waals surface area contributed by atoms with Gasteiger partial charge in [0.15, 0.2) is 6.20 Å². The highest BCUT2D eigenvalue weighted by molar-refractivity contribution is 6.09. The molecule has 5 rings (SSSR count). The van der Waals surface area contributed by atoms with E-state index in [1.807, 2.05) is 0 Å². The number of benzene rings is 3. The van der Waals surface area contributed by atoms with Crippen molar-refractivity contribution in [2.24, 2.45) is 7.05 Å². The van der Waals surface area contributed by atoms with Crippen molar-refractivity contribution in [3.05, 3.63) is 89.6 Å². The van der Waals surface area contributed by atoms with Crippen molar-refractivity contribution in [2.75, 3.05) is 0 Å². The summed E-state index contributed by atoms with van der Waals surface area (Å²) in [5, 5.41) is 2.34. The van der Waals surface area contributed by atoms with Gasteiger partial charge in [-0.1, -0.05) is 48.5 Å². The lowest BCUT2D eigenvalue weighted by atomic mass is 9.96. The quantitative estimate of drug-likeness (QED) is 0.314. The van der Waals surface area contributed by atoms with Crippen molar-refractivity contribution in [2.45, 2.75) is 20.8 Å². The van der Waals surface area contributed by atoms with E-state index in [1.54, 1.807) is 0 Å². The van der Waals surface area contributed by atoms with Crippen LogP contribution in [0.4, 0.5) is 0 Å². The minimum Gasteiger partial charge on any atom is -0.455 e. The summed E-state index contributed by atoms with van der Waals surface area (Å²) in [4.78, 5) is 0. The van der Waals surface area contributed by atoms with E-state index in [1.165, 1.54) is 44.3 Å². The highest BCUT2D eigenvalue weighted by Crippen LogP contribution is 2.38. The lowest BCUT2D eigenvalue weighted by Gasteiger charge is -2.10. The summed E-state index contributed by atoms with van der Waals surface area (Å²) in [6.07, 6.45) is 2.21. The number of para-hydroxylation sites is 1. The van der Waals surface area contributed by atoms with Gasteiger partial charge in [-0.05, 0) is 44.0 Å². The Morgan fingerprint density at radius 1 is 0.690 bits per heavy atom. The van der Waals surface area contributed by atoms with Crippen LogP contribution in [0.3, 0.4) is 0 Å². The number of aromatic nitrogens is 1. The number of fused-ring (bicyclic) bond motifs is 3. The summed E-state index contributed by atoms with van der Waals surface area (Å²) < 4.78 is 8.58. The van der Waals surface area contributed by atoms with Crippen LogP contribution in [-0.2, 0) is 7.05 Å². The van der Waals surface area contributed by atoms with Gasteiger partial charge in [-0.25, -0.2) is 4.57 Å². The minimum absolute atomic E-state index is 0.950. The molecule has 0 fully saturated rings. The fourth-order valence-electron chi connectivity index (χ4n) is 4.32. The molecule has 5 aromatic rings. The maximum Gasteiger partial charge on any atom is 0.213 e. The molecular formula is C27H24NO+. The number of hydrogen-bond donors (Lipinski definition) is 0. The van der Waals surface area contributed by atoms with E-state index in [0.29, 0.717) is 0 Å². The third-order valence-electron chi connectivity index (χ3n) is 5.84. The van der Waals surface area contributed by atoms with Crippen LogP contribution < -0.4 is 4.57 Å². The van der Waals surface area contributed by atoms with Crippen molar-refractivity contribution in [3.63, 3.8) is 0 Å². The van der Waals surface area contributed by atoms with Crippen LogP contribution in [0.25, 0.3) is 44.3 Å². The summed E-state index contributed by atoms with van der Waals surface area (Å²) in [5.74, 6) is 0. The zero-order chi connectivity index (χ0) is 20.1. The van der Waals surface area contributed by atoms with E-state index in [0.717, 1.165) is 16.7 Å². The molecule has 142 valence electrons. The molecule has 0 amide bonds. The summed E-state index contributed by atoms with van der Waals surface area (Å²) in [7, 11) is 2.11. The predicted octanol–water partition coefficient (Wildman–Crippen LogP) is 6.67. The fraction of sp³-hybridized carbons (Fsp3) is 0.148. The number of aryl methyl sites for hydroxylation is 4. The molecule has 0 saturated heterocycles. The Labute approximate surface area is 171 Å². The van der Waals surface area contributed by atoms with Crippen molar-refractivity contribution in [3.8, 4) is 22.4 Å². The van der Waals surface area contributed by atoms with Gasteiger partial charge < -0.3 is 4.42 Å². The van der Waals surface area contributed by atoms with Crippen LogP contribution in [-0.4, -0.2) is 0 Å². The summed E-state index contributed by atoms with van der Waals surface area (Å²) in [6, 6.07) is 23.7. The number of furan rings is 1. The summed E-state index contributed by atoms with van der Waals surface area (Å²) in [6.45, 7) is 6.43. The Bertz CT molecular complexity index is 1390. The van der Waals surface area contributed by atoms with Gasteiger partial charge >= 0.3 is 0 Å². The Hall–Kier alpha value is -3.39. The summed E-state index contributed by atoms with van der Waals surface area (Å²) >= 11 is 0. The number of nitrogens with zero attached hydrogens (tertiary/aromatic N) is 1. The molecule has 2 heterocycles. The molecule has 2 nitrogen and oxygen atoms in total. The van der Waals surface area contributed by atoms with Gasteiger partial charge in [0.2, 0.25) is 5.69 Å². The average Bonchev–Trinajstić information content (AvgIpc) is 3.07. The molecule has 0 spiro atoms. The van der Waals surface area contributed by atoms with Gasteiger partial charge in [0.05, 0.1) is 0 Å². The largest absolute Gasteiger partial charge is 0.455 e. The van der Waals surface area contributed by atoms with Crippen molar-refractivity contribution in [1.82, 2.24) is 0 Å². The zero-order valence-corrected chi connectivity index (χ0v) is 17.3. The molecule has 0 radical (unpaired) electrons. The van der Waals surface area contributed by atoms with Gasteiger partial charge in [0.1, 0.15) is 18.2 Å². The first kappa shape index (κ1) is 17.7. The maximum atomic E-state index is 6.37. The Morgan fingerprint density at radius 2 is 1.48 bits per heavy atom. The molecule has 0 N–H and O–H groups in total. The van der Waals surface area contributed by atoms with E-state index >= 15 is 0 Å². The van der Waals surface area contributed by atoms with E-state index in [9.17, 15) is 0 Å². The zero-order valence-electron chi connectivity index (χ0n) is 17.3. The second-order valence-corrected chi connectivity index (χ2v) is 7.97. The highest BCUT2D eigenvalue weighted by Gasteiger charge is 2.19. The standard InChI is InChI=1S/C27H24NO/c1-17-12-13-21-22-10-7-11-23(27(22)29-26(21)14-17)24-15-25(28(4)16-19(24)3)20-9-6-5-8-18(20)2/h5-16H,1-4H3/q+1. The Balaban J connectivity index is 1.80. The molecule has 0 bridgehead atoms. The predicted molar refractivity (Wildman–Crippen MR) is 120 cm³/mol. The van der Waals surface area contributed by atoms with Crippen LogP contribution in [0.15, 0.2) is 77.3 Å². The van der Waals surface area contributed by atoms with Crippen LogP contribution >= 0.6 is 0 Å². The Kier molecular flexibility index (Phi) is 4.02. The van der Waals surface area contributed by atoms with Gasteiger partial charge in [-0.2, -0.15) is 0 Å². The topological polar surface area (TPSA) is 17.0 Å². The van der Waals surface area contributed by atoms with Gasteiger partial charge in [0, 0.05) is 39.1 Å². The second-order valence-electron chi connectivity index (χ2n) is 7.97. The molecule has 0 saturated carbocycles. The minimum atomic E-state index is 0.950. The maximum absolute atomic E-state index is 6.37. The molecule has 0 atom stereocenters. The fourth-order valence-corrected chi connectivity index (χ4v) is 4.32. The van der Waals surface area contributed by atoms with Gasteiger partial charge in [-0.15, -0.1) is 0 Å². The van der Waals surface area contributed by atoms with Crippen molar-refractivity contribution in [1.29, 1.82) is 0 Å². The van der Waals surface area contributed by atoms with Gasteiger partial charge in [0.25, 0.3) is 0 Å². The number of hydrogen-bond acceptors (Lipinski definition) is 1. The lowest BCUT2D eigenvalue weighted by Crippen LogP contribution is -2.31. The van der Waals surface area contributed by atoms with E-state index in [2.05, 4.69) is 105 Å². The first-order valence-corrected chi connectivity index (χ1v) is 10.0. The van der Waals surface area contributed by atoms with Crippen LogP contribution in [0.5, 0.6) is 0 Å². The molecule has 0 aliphatic carbocycles. The highest BCUT2D eigenvalue weighted by atomic mass is 16.3. The van der Waals surface area contributed by atoms with Crippen LogP contribution in [0, 0.1) is 20.8 Å². The molecule has 29 heavy (non-hydrogen) atoms. The second kappa shape index (κ2) is 6.59. The first-order chi connectivity index (χ1) is 14.0. The first-order valence-electron chi connectivity index (χ1n) is 10.0. The lowest BCUT2D eigenvalue weighted by molar-refractivity contribution is -0.660.